The molecule has 0 saturated heterocycles. The Labute approximate surface area is 146 Å². The van der Waals surface area contributed by atoms with E-state index in [1.54, 1.807) is 18.6 Å². The Morgan fingerprint density at radius 1 is 1.24 bits per heavy atom. The zero-order valence-electron chi connectivity index (χ0n) is 13.7. The van der Waals surface area contributed by atoms with Gasteiger partial charge in [-0.2, -0.15) is 0 Å². The SMILES string of the molecule is C[C@H](Cc1cnccn1)NC(=O)c1ccc(S(=O)(=O)NCCO)cc1. The van der Waals surface area contributed by atoms with Crippen LogP contribution in [0.3, 0.4) is 0 Å². The normalized spacial score (nSPS) is 12.6. The number of aliphatic hydroxyl groups excluding tert-OH is 1. The Morgan fingerprint density at radius 2 is 1.96 bits per heavy atom. The fourth-order valence-corrected chi connectivity index (χ4v) is 3.18. The van der Waals surface area contributed by atoms with Crippen molar-refractivity contribution in [3.8, 4) is 0 Å². The summed E-state index contributed by atoms with van der Waals surface area (Å²) in [6.45, 7) is 1.50. The van der Waals surface area contributed by atoms with Gasteiger partial charge in [0.15, 0.2) is 0 Å². The van der Waals surface area contributed by atoms with Gasteiger partial charge in [-0.25, -0.2) is 13.1 Å². The van der Waals surface area contributed by atoms with Crippen LogP contribution in [-0.2, 0) is 16.4 Å². The molecule has 0 aliphatic heterocycles. The summed E-state index contributed by atoms with van der Waals surface area (Å²) in [6.07, 6.45) is 5.35. The van der Waals surface area contributed by atoms with Crippen molar-refractivity contribution in [3.63, 3.8) is 0 Å². The van der Waals surface area contributed by atoms with Crippen molar-refractivity contribution in [2.75, 3.05) is 13.2 Å². The summed E-state index contributed by atoms with van der Waals surface area (Å²) < 4.78 is 26.1. The standard InChI is InChI=1S/C16H20N4O4S/c1-12(10-14-11-17-6-7-18-14)20-16(22)13-2-4-15(5-3-13)25(23,24)19-8-9-21/h2-7,11-12,19,21H,8-10H2,1H3,(H,20,22)/t12-/m1/s1. The van der Waals surface area contributed by atoms with Crippen LogP contribution in [0.2, 0.25) is 0 Å². The molecular formula is C16H20N4O4S. The van der Waals surface area contributed by atoms with Gasteiger partial charge in [0.1, 0.15) is 0 Å². The maximum Gasteiger partial charge on any atom is 0.251 e. The molecule has 1 amide bonds. The number of hydrogen-bond acceptors (Lipinski definition) is 6. The van der Waals surface area contributed by atoms with E-state index in [4.69, 9.17) is 5.11 Å². The molecule has 8 nitrogen and oxygen atoms in total. The van der Waals surface area contributed by atoms with Crippen molar-refractivity contribution < 1.29 is 18.3 Å². The number of carbonyl (C=O) groups is 1. The number of sulfonamides is 1. The molecule has 0 bridgehead atoms. The summed E-state index contributed by atoms with van der Waals surface area (Å²) in [6, 6.07) is 5.43. The van der Waals surface area contributed by atoms with Crippen LogP contribution < -0.4 is 10.0 Å². The molecular weight excluding hydrogens is 344 g/mol. The maximum atomic E-state index is 12.2. The first-order valence-electron chi connectivity index (χ1n) is 7.68. The summed E-state index contributed by atoms with van der Waals surface area (Å²) >= 11 is 0. The predicted molar refractivity (Wildman–Crippen MR) is 91.4 cm³/mol. The van der Waals surface area contributed by atoms with Gasteiger partial charge < -0.3 is 10.4 Å². The maximum absolute atomic E-state index is 12.2. The molecule has 1 aromatic heterocycles. The molecule has 3 N–H and O–H groups in total. The highest BCUT2D eigenvalue weighted by atomic mass is 32.2. The Bertz CT molecular complexity index is 795. The molecule has 2 aromatic rings. The second-order valence-electron chi connectivity index (χ2n) is 5.42. The minimum absolute atomic E-state index is 0.0325. The zero-order chi connectivity index (χ0) is 18.3. The van der Waals surface area contributed by atoms with Crippen molar-refractivity contribution in [1.29, 1.82) is 0 Å². The van der Waals surface area contributed by atoms with Gasteiger partial charge in [-0.1, -0.05) is 0 Å². The highest BCUT2D eigenvalue weighted by molar-refractivity contribution is 7.89. The third-order valence-electron chi connectivity index (χ3n) is 3.34. The molecule has 1 heterocycles. The van der Waals surface area contributed by atoms with E-state index in [1.165, 1.54) is 24.3 Å². The van der Waals surface area contributed by atoms with Gasteiger partial charge in [-0.3, -0.25) is 14.8 Å². The first-order chi connectivity index (χ1) is 11.9. The van der Waals surface area contributed by atoms with Crippen molar-refractivity contribution in [1.82, 2.24) is 20.0 Å². The molecule has 0 aliphatic rings. The second kappa shape index (κ2) is 8.65. The molecule has 2 rings (SSSR count). The number of amides is 1. The summed E-state index contributed by atoms with van der Waals surface area (Å²) in [5.41, 5.74) is 1.12. The van der Waals surface area contributed by atoms with E-state index < -0.39 is 10.0 Å². The minimum atomic E-state index is -3.69. The quantitative estimate of drug-likeness (QED) is 0.611. The monoisotopic (exact) mass is 364 g/mol. The Balaban J connectivity index is 1.98. The lowest BCUT2D eigenvalue weighted by atomic mass is 10.1. The second-order valence-corrected chi connectivity index (χ2v) is 7.19. The average Bonchev–Trinajstić information content (AvgIpc) is 2.61. The molecule has 134 valence electrons. The van der Waals surface area contributed by atoms with Crippen LogP contribution in [0.25, 0.3) is 0 Å². The van der Waals surface area contributed by atoms with Crippen LogP contribution >= 0.6 is 0 Å². The predicted octanol–water partition coefficient (Wildman–Crippen LogP) is 0.108. The Kier molecular flexibility index (Phi) is 6.57. The van der Waals surface area contributed by atoms with Crippen LogP contribution in [0, 0.1) is 0 Å². The van der Waals surface area contributed by atoms with Crippen molar-refractivity contribution in [3.05, 3.63) is 54.1 Å². The van der Waals surface area contributed by atoms with Crippen molar-refractivity contribution in [2.24, 2.45) is 0 Å². The molecule has 1 aromatic carbocycles. The first-order valence-corrected chi connectivity index (χ1v) is 9.17. The smallest absolute Gasteiger partial charge is 0.251 e. The molecule has 0 spiro atoms. The van der Waals surface area contributed by atoms with Gasteiger partial charge in [-0.05, 0) is 31.2 Å². The molecule has 0 fully saturated rings. The Morgan fingerprint density at radius 3 is 2.56 bits per heavy atom. The lowest BCUT2D eigenvalue weighted by Gasteiger charge is -2.13. The van der Waals surface area contributed by atoms with E-state index in [0.717, 1.165) is 5.69 Å². The summed E-state index contributed by atoms with van der Waals surface area (Å²) in [4.78, 5) is 20.4. The highest BCUT2D eigenvalue weighted by Gasteiger charge is 2.15. The zero-order valence-corrected chi connectivity index (χ0v) is 14.5. The third kappa shape index (κ3) is 5.59. The number of benzene rings is 1. The summed E-state index contributed by atoms with van der Waals surface area (Å²) in [5, 5.41) is 11.5. The lowest BCUT2D eigenvalue weighted by Crippen LogP contribution is -2.34. The molecule has 9 heteroatoms. The van der Waals surface area contributed by atoms with E-state index in [0.29, 0.717) is 12.0 Å². The highest BCUT2D eigenvalue weighted by Crippen LogP contribution is 2.11. The van der Waals surface area contributed by atoms with Gasteiger partial charge in [0.25, 0.3) is 5.91 Å². The number of aromatic nitrogens is 2. The van der Waals surface area contributed by atoms with E-state index in [9.17, 15) is 13.2 Å². The van der Waals surface area contributed by atoms with Crippen LogP contribution in [0.4, 0.5) is 0 Å². The number of carbonyl (C=O) groups excluding carboxylic acids is 1. The van der Waals surface area contributed by atoms with Crippen LogP contribution in [-0.4, -0.2) is 48.6 Å². The lowest BCUT2D eigenvalue weighted by molar-refractivity contribution is 0.0940. The average molecular weight is 364 g/mol. The van der Waals surface area contributed by atoms with Crippen molar-refractivity contribution >= 4 is 15.9 Å². The van der Waals surface area contributed by atoms with E-state index in [1.807, 2.05) is 6.92 Å². The third-order valence-corrected chi connectivity index (χ3v) is 4.82. The van der Waals surface area contributed by atoms with Crippen LogP contribution in [0.5, 0.6) is 0 Å². The van der Waals surface area contributed by atoms with Crippen LogP contribution in [0.1, 0.15) is 23.0 Å². The number of nitrogens with zero attached hydrogens (tertiary/aromatic N) is 2. The van der Waals surface area contributed by atoms with E-state index in [-0.39, 0.29) is 30.0 Å². The van der Waals surface area contributed by atoms with Gasteiger partial charge in [-0.15, -0.1) is 0 Å². The molecule has 1 atom stereocenters. The molecule has 25 heavy (non-hydrogen) atoms. The van der Waals surface area contributed by atoms with Crippen molar-refractivity contribution in [2.45, 2.75) is 24.3 Å². The molecule has 0 radical (unpaired) electrons. The van der Waals surface area contributed by atoms with Gasteiger partial charge >= 0.3 is 0 Å². The Hall–Kier alpha value is -2.36. The minimum Gasteiger partial charge on any atom is -0.395 e. The van der Waals surface area contributed by atoms with Crippen LogP contribution in [0.15, 0.2) is 47.8 Å². The van der Waals surface area contributed by atoms with Gasteiger partial charge in [0.2, 0.25) is 10.0 Å². The topological polar surface area (TPSA) is 121 Å². The number of aliphatic hydroxyl groups is 1. The van der Waals surface area contributed by atoms with E-state index in [2.05, 4.69) is 20.0 Å². The first kappa shape index (κ1) is 19.0. The largest absolute Gasteiger partial charge is 0.395 e. The number of nitrogens with one attached hydrogen (secondary N) is 2. The van der Waals surface area contributed by atoms with Gasteiger partial charge in [0.05, 0.1) is 17.2 Å². The molecule has 0 aliphatic carbocycles. The number of hydrogen-bond donors (Lipinski definition) is 3. The summed E-state index contributed by atoms with van der Waals surface area (Å²) in [5.74, 6) is -0.302. The van der Waals surface area contributed by atoms with E-state index >= 15 is 0 Å². The number of rotatable bonds is 8. The summed E-state index contributed by atoms with van der Waals surface area (Å²) in [7, 11) is -3.69. The van der Waals surface area contributed by atoms with Gasteiger partial charge in [0, 0.05) is 43.2 Å². The fourth-order valence-electron chi connectivity index (χ4n) is 2.16. The fraction of sp³-hybridized carbons (Fsp3) is 0.312. The molecule has 0 unspecified atom stereocenters. The molecule has 0 saturated carbocycles.